The van der Waals surface area contributed by atoms with Gasteiger partial charge in [0, 0.05) is 6.61 Å². The highest BCUT2D eigenvalue weighted by Gasteiger charge is 2.01. The Morgan fingerprint density at radius 1 is 1.25 bits per heavy atom. The second-order valence-electron chi connectivity index (χ2n) is 2.72. The van der Waals surface area contributed by atoms with Crippen LogP contribution in [-0.2, 0) is 9.53 Å². The standard InChI is InChI=1S/C10H12O3.C2H6O/c1-2-12-10(11)8-13-9-6-4-3-5-7-9;1-2-3/h3-7H,2,8H2,1H3;3H,2H2,1H3. The number of rotatable bonds is 4. The van der Waals surface area contributed by atoms with Crippen molar-refractivity contribution in [2.75, 3.05) is 19.8 Å². The highest BCUT2D eigenvalue weighted by atomic mass is 16.6. The van der Waals surface area contributed by atoms with Crippen LogP contribution in [0.2, 0.25) is 0 Å². The molecule has 0 bridgehead atoms. The molecule has 0 radical (unpaired) electrons. The van der Waals surface area contributed by atoms with Gasteiger partial charge >= 0.3 is 5.97 Å². The van der Waals surface area contributed by atoms with Gasteiger partial charge in [-0.2, -0.15) is 0 Å². The fourth-order valence-corrected chi connectivity index (χ4v) is 0.862. The number of hydrogen-bond donors (Lipinski definition) is 1. The first-order valence-corrected chi connectivity index (χ1v) is 5.18. The number of hydrogen-bond acceptors (Lipinski definition) is 4. The van der Waals surface area contributed by atoms with Crippen molar-refractivity contribution < 1.29 is 19.4 Å². The van der Waals surface area contributed by atoms with Crippen molar-refractivity contribution in [2.24, 2.45) is 0 Å². The molecule has 1 rings (SSSR count). The molecule has 0 unspecified atom stereocenters. The van der Waals surface area contributed by atoms with Gasteiger partial charge in [0.2, 0.25) is 0 Å². The van der Waals surface area contributed by atoms with E-state index in [9.17, 15) is 4.79 Å². The molecule has 0 fully saturated rings. The second-order valence-corrected chi connectivity index (χ2v) is 2.72. The Kier molecular flexibility index (Phi) is 9.02. The second kappa shape index (κ2) is 9.98. The molecule has 0 atom stereocenters. The van der Waals surface area contributed by atoms with Crippen LogP contribution in [0.25, 0.3) is 0 Å². The summed E-state index contributed by atoms with van der Waals surface area (Å²) in [6.07, 6.45) is 0. The van der Waals surface area contributed by atoms with Crippen molar-refractivity contribution in [1.82, 2.24) is 0 Å². The Morgan fingerprint density at radius 3 is 2.31 bits per heavy atom. The van der Waals surface area contributed by atoms with Gasteiger partial charge in [0.1, 0.15) is 5.75 Å². The van der Waals surface area contributed by atoms with Crippen LogP contribution < -0.4 is 4.74 Å². The third kappa shape index (κ3) is 7.82. The topological polar surface area (TPSA) is 55.8 Å². The van der Waals surface area contributed by atoms with Gasteiger partial charge in [-0.15, -0.1) is 0 Å². The number of ether oxygens (including phenoxy) is 2. The molecule has 0 amide bonds. The molecule has 0 spiro atoms. The number of aliphatic hydroxyl groups is 1. The van der Waals surface area contributed by atoms with Gasteiger partial charge in [-0.25, -0.2) is 4.79 Å². The van der Waals surface area contributed by atoms with Gasteiger partial charge in [0.25, 0.3) is 0 Å². The van der Waals surface area contributed by atoms with Crippen molar-refractivity contribution in [3.05, 3.63) is 30.3 Å². The maximum absolute atomic E-state index is 10.9. The van der Waals surface area contributed by atoms with Crippen LogP contribution in [0.5, 0.6) is 5.75 Å². The minimum Gasteiger partial charge on any atom is -0.482 e. The van der Waals surface area contributed by atoms with E-state index >= 15 is 0 Å². The summed E-state index contributed by atoms with van der Waals surface area (Å²) in [6, 6.07) is 9.16. The van der Waals surface area contributed by atoms with Crippen LogP contribution in [0.3, 0.4) is 0 Å². The van der Waals surface area contributed by atoms with E-state index in [-0.39, 0.29) is 19.2 Å². The summed E-state index contributed by atoms with van der Waals surface area (Å²) in [6.45, 7) is 4.05. The van der Waals surface area contributed by atoms with Crippen molar-refractivity contribution in [3.8, 4) is 5.75 Å². The van der Waals surface area contributed by atoms with Crippen LogP contribution in [0.4, 0.5) is 0 Å². The number of carbonyl (C=O) groups is 1. The largest absolute Gasteiger partial charge is 0.482 e. The molecule has 0 aliphatic rings. The fourth-order valence-electron chi connectivity index (χ4n) is 0.862. The van der Waals surface area contributed by atoms with E-state index in [0.717, 1.165) is 0 Å². The fraction of sp³-hybridized carbons (Fsp3) is 0.417. The van der Waals surface area contributed by atoms with E-state index < -0.39 is 0 Å². The molecule has 1 aromatic carbocycles. The lowest BCUT2D eigenvalue weighted by atomic mass is 10.3. The van der Waals surface area contributed by atoms with Crippen molar-refractivity contribution in [3.63, 3.8) is 0 Å². The monoisotopic (exact) mass is 226 g/mol. The molecule has 4 nitrogen and oxygen atoms in total. The summed E-state index contributed by atoms with van der Waals surface area (Å²) < 4.78 is 9.85. The predicted octanol–water partition coefficient (Wildman–Crippen LogP) is 1.63. The van der Waals surface area contributed by atoms with Crippen molar-refractivity contribution >= 4 is 5.97 Å². The number of para-hydroxylation sites is 1. The van der Waals surface area contributed by atoms with Gasteiger partial charge in [-0.3, -0.25) is 0 Å². The zero-order chi connectivity index (χ0) is 12.2. The molecule has 1 aromatic rings. The lowest BCUT2D eigenvalue weighted by molar-refractivity contribution is -0.145. The lowest BCUT2D eigenvalue weighted by Crippen LogP contribution is -2.14. The summed E-state index contributed by atoms with van der Waals surface area (Å²) >= 11 is 0. The van der Waals surface area contributed by atoms with Gasteiger partial charge in [-0.1, -0.05) is 18.2 Å². The van der Waals surface area contributed by atoms with Gasteiger partial charge in [0.15, 0.2) is 6.61 Å². The quantitative estimate of drug-likeness (QED) is 0.793. The number of esters is 1. The summed E-state index contributed by atoms with van der Waals surface area (Å²) in [7, 11) is 0. The first-order valence-electron chi connectivity index (χ1n) is 5.18. The number of benzene rings is 1. The first-order chi connectivity index (χ1) is 7.74. The molecular weight excluding hydrogens is 208 g/mol. The Bertz CT molecular complexity index is 272. The zero-order valence-corrected chi connectivity index (χ0v) is 9.68. The van der Waals surface area contributed by atoms with Crippen molar-refractivity contribution in [1.29, 1.82) is 0 Å². The molecular formula is C12H18O4. The van der Waals surface area contributed by atoms with Crippen LogP contribution in [-0.4, -0.2) is 30.9 Å². The molecule has 90 valence electrons. The summed E-state index contributed by atoms with van der Waals surface area (Å²) in [4.78, 5) is 10.9. The zero-order valence-electron chi connectivity index (χ0n) is 9.68. The minimum absolute atomic E-state index is 0.0299. The number of aliphatic hydroxyl groups excluding tert-OH is 1. The molecule has 0 saturated carbocycles. The van der Waals surface area contributed by atoms with Gasteiger partial charge < -0.3 is 14.6 Å². The van der Waals surface area contributed by atoms with E-state index in [0.29, 0.717) is 12.4 Å². The molecule has 1 N–H and O–H groups in total. The lowest BCUT2D eigenvalue weighted by Gasteiger charge is -2.04. The molecule has 0 aliphatic carbocycles. The van der Waals surface area contributed by atoms with Crippen LogP contribution in [0.15, 0.2) is 30.3 Å². The summed E-state index contributed by atoms with van der Waals surface area (Å²) in [5, 5.41) is 7.57. The highest BCUT2D eigenvalue weighted by Crippen LogP contribution is 2.07. The Labute approximate surface area is 95.8 Å². The summed E-state index contributed by atoms with van der Waals surface area (Å²) in [5.74, 6) is 0.335. The van der Waals surface area contributed by atoms with E-state index in [1.54, 1.807) is 26.0 Å². The maximum Gasteiger partial charge on any atom is 0.344 e. The molecule has 0 aliphatic heterocycles. The highest BCUT2D eigenvalue weighted by molar-refractivity contribution is 5.71. The van der Waals surface area contributed by atoms with E-state index in [4.69, 9.17) is 14.6 Å². The molecule has 0 heterocycles. The predicted molar refractivity (Wildman–Crippen MR) is 61.3 cm³/mol. The summed E-state index contributed by atoms with van der Waals surface area (Å²) in [5.41, 5.74) is 0. The first kappa shape index (κ1) is 14.5. The van der Waals surface area contributed by atoms with E-state index in [2.05, 4.69) is 0 Å². The normalized spacial score (nSPS) is 8.69. The third-order valence-electron chi connectivity index (χ3n) is 1.41. The molecule has 4 heteroatoms. The Balaban J connectivity index is 0.000000673. The van der Waals surface area contributed by atoms with Crippen LogP contribution in [0, 0.1) is 0 Å². The average molecular weight is 226 g/mol. The number of carbonyl (C=O) groups excluding carboxylic acids is 1. The molecule has 16 heavy (non-hydrogen) atoms. The Morgan fingerprint density at radius 2 is 1.81 bits per heavy atom. The van der Waals surface area contributed by atoms with Crippen LogP contribution >= 0.6 is 0 Å². The average Bonchev–Trinajstić information content (AvgIpc) is 2.29. The molecule has 0 aromatic heterocycles. The van der Waals surface area contributed by atoms with Gasteiger partial charge in [0.05, 0.1) is 6.61 Å². The Hall–Kier alpha value is -1.55. The smallest absolute Gasteiger partial charge is 0.344 e. The third-order valence-corrected chi connectivity index (χ3v) is 1.41. The van der Waals surface area contributed by atoms with E-state index in [1.807, 2.05) is 18.2 Å². The van der Waals surface area contributed by atoms with Crippen molar-refractivity contribution in [2.45, 2.75) is 13.8 Å². The van der Waals surface area contributed by atoms with Gasteiger partial charge in [-0.05, 0) is 26.0 Å². The van der Waals surface area contributed by atoms with E-state index in [1.165, 1.54) is 0 Å². The van der Waals surface area contributed by atoms with Crippen LogP contribution in [0.1, 0.15) is 13.8 Å². The minimum atomic E-state index is -0.341. The SMILES string of the molecule is CCO.CCOC(=O)COc1ccccc1. The molecule has 0 saturated heterocycles. The maximum atomic E-state index is 10.9.